The lowest BCUT2D eigenvalue weighted by atomic mass is 9.89. The monoisotopic (exact) mass is 853 g/mol. The molecular formula is C31H36ClN11O10S3. The highest BCUT2D eigenvalue weighted by molar-refractivity contribution is 8.03. The summed E-state index contributed by atoms with van der Waals surface area (Å²) < 4.78 is 0. The summed E-state index contributed by atoms with van der Waals surface area (Å²) in [5, 5.41) is 50.2. The van der Waals surface area contributed by atoms with Crippen LogP contribution in [0, 0.1) is 5.41 Å². The molecule has 4 amide bonds. The van der Waals surface area contributed by atoms with Gasteiger partial charge in [-0.05, 0) is 45.0 Å². The van der Waals surface area contributed by atoms with E-state index in [-0.39, 0.29) is 53.6 Å². The third kappa shape index (κ3) is 8.43. The SMILES string of the molecule is CC1=NC2=CN(CO)NN2C(SCC2(C(=O)O)CS[C@@H]3C(NC(=O)C(=NOC(C)(C)C(=O)NNC(=O)c4ccc(O)c(O)c4)c4csc(N)n4)C(=O)N3C2)=C1.Cl. The number of carbonyl (C=O) groups is 5. The Morgan fingerprint density at radius 3 is 2.62 bits per heavy atom. The van der Waals surface area contributed by atoms with Gasteiger partial charge in [-0.15, -0.1) is 52.8 Å². The van der Waals surface area contributed by atoms with Crippen LogP contribution in [0.3, 0.4) is 0 Å². The Kier molecular flexibility index (Phi) is 12.3. The maximum absolute atomic E-state index is 13.6. The standard InChI is InChI=1S/C31H35N11O10S3.ClH/c1-14-6-20(42-19(33-14)8-40(13-43)39-42)54-11-31(28(50)51)10-41-25(48)22(26(41)55-12-31)35-24(47)21(16-9-53-29(32)34-16)38-52-30(2,3)27(49)37-36-23(46)15-4-5-17(44)18(45)7-15;/h4-9,22,26,39,43-45H,10-13H2,1-3H3,(H2,32,34)(H,35,47)(H,36,46)(H,37,49)(H,50,51);1H/t22?,26-,31?;/m1./s1. The van der Waals surface area contributed by atoms with E-state index in [0.717, 1.165) is 23.5 Å². The summed E-state index contributed by atoms with van der Waals surface area (Å²) in [5.41, 5.74) is 10.1. The van der Waals surface area contributed by atoms with E-state index in [9.17, 15) is 44.4 Å². The number of fused-ring (bicyclic) bond motifs is 2. The maximum atomic E-state index is 13.6. The Morgan fingerprint density at radius 2 is 1.96 bits per heavy atom. The van der Waals surface area contributed by atoms with Gasteiger partial charge in [-0.25, -0.2) is 15.0 Å². The van der Waals surface area contributed by atoms with Gasteiger partial charge in [-0.2, -0.15) is 0 Å². The number of anilines is 1. The topological polar surface area (TPSA) is 297 Å². The van der Waals surface area contributed by atoms with Crippen molar-refractivity contribution >= 4 is 93.4 Å². The third-order valence-corrected chi connectivity index (χ3v) is 12.1. The van der Waals surface area contributed by atoms with E-state index < -0.39 is 69.2 Å². The van der Waals surface area contributed by atoms with Gasteiger partial charge in [0, 0.05) is 34.7 Å². The molecule has 0 radical (unpaired) electrons. The Bertz CT molecular complexity index is 2080. The average molecular weight is 854 g/mol. The van der Waals surface area contributed by atoms with Gasteiger partial charge in [0.1, 0.15) is 29.3 Å². The van der Waals surface area contributed by atoms with Gasteiger partial charge in [-0.1, -0.05) is 5.16 Å². The Morgan fingerprint density at radius 1 is 1.21 bits per heavy atom. The number of aliphatic carboxylic acids is 1. The van der Waals surface area contributed by atoms with Crippen molar-refractivity contribution in [3.63, 3.8) is 0 Å². The normalized spacial score (nSPS) is 21.6. The number of aliphatic hydroxyl groups is 1. The largest absolute Gasteiger partial charge is 0.504 e. The number of oxime groups is 1. The number of benzene rings is 1. The van der Waals surface area contributed by atoms with E-state index in [1.165, 1.54) is 58.7 Å². The van der Waals surface area contributed by atoms with E-state index in [1.54, 1.807) is 24.2 Å². The molecule has 10 N–H and O–H groups in total. The summed E-state index contributed by atoms with van der Waals surface area (Å²) in [6, 6.07) is 2.25. The number of β-lactam (4-membered cyclic amide) rings is 1. The zero-order valence-corrected chi connectivity index (χ0v) is 32.8. The number of aromatic hydroxyl groups is 2. The molecule has 21 nitrogen and oxygen atoms in total. The number of nitrogens with zero attached hydrogens (tertiary/aromatic N) is 6. The molecule has 25 heteroatoms. The molecule has 0 spiro atoms. The summed E-state index contributed by atoms with van der Waals surface area (Å²) in [5.74, 6) is -4.44. The Balaban J connectivity index is 0.00000600. The molecule has 4 aliphatic rings. The van der Waals surface area contributed by atoms with Crippen LogP contribution in [0.25, 0.3) is 0 Å². The molecule has 0 aliphatic carbocycles. The van der Waals surface area contributed by atoms with Gasteiger partial charge in [0.2, 0.25) is 11.5 Å². The lowest BCUT2D eigenvalue weighted by Crippen LogP contribution is -2.74. The van der Waals surface area contributed by atoms with Crippen LogP contribution in [-0.2, 0) is 24.0 Å². The molecular weight excluding hydrogens is 818 g/mol. The fourth-order valence-corrected chi connectivity index (χ4v) is 8.89. The molecule has 2 saturated heterocycles. The second-order valence-corrected chi connectivity index (χ2v) is 16.0. The molecule has 56 heavy (non-hydrogen) atoms. The van der Waals surface area contributed by atoms with Crippen LogP contribution in [0.1, 0.15) is 36.8 Å². The first-order chi connectivity index (χ1) is 26.0. The number of thiazole rings is 1. The number of aromatic nitrogens is 1. The first kappa shape index (κ1) is 41.9. The fraction of sp³-hybridized carbons (Fsp3) is 0.355. The number of thioether (sulfide) groups is 2. The zero-order chi connectivity index (χ0) is 39.8. The summed E-state index contributed by atoms with van der Waals surface area (Å²) in [7, 11) is 0. The highest BCUT2D eigenvalue weighted by Crippen LogP contribution is 2.45. The van der Waals surface area contributed by atoms with Crippen LogP contribution in [0.4, 0.5) is 5.13 Å². The lowest BCUT2D eigenvalue weighted by Gasteiger charge is -2.53. The average Bonchev–Trinajstić information content (AvgIpc) is 3.78. The number of phenolic OH excluding ortho intramolecular Hbond substituents is 2. The molecule has 1 aromatic carbocycles. The fourth-order valence-electron chi connectivity index (χ4n) is 5.41. The number of carboxylic acid groups (broad SMARTS) is 1. The number of rotatable bonds is 12. The quantitative estimate of drug-likeness (QED) is 0.0579. The number of phenols is 2. The number of hydrogen-bond acceptors (Lipinski definition) is 19. The van der Waals surface area contributed by atoms with Crippen molar-refractivity contribution in [2.75, 3.05) is 30.5 Å². The highest BCUT2D eigenvalue weighted by atomic mass is 35.5. The lowest BCUT2D eigenvalue weighted by molar-refractivity contribution is -0.157. The molecule has 3 atom stereocenters. The van der Waals surface area contributed by atoms with Crippen LogP contribution in [0.15, 0.2) is 56.9 Å². The van der Waals surface area contributed by atoms with Crippen LogP contribution in [0.5, 0.6) is 11.5 Å². The number of aliphatic imine (C=N–C) groups is 1. The van der Waals surface area contributed by atoms with Crippen LogP contribution >= 0.6 is 47.3 Å². The van der Waals surface area contributed by atoms with Gasteiger partial charge in [0.15, 0.2) is 28.2 Å². The van der Waals surface area contributed by atoms with Crippen molar-refractivity contribution in [1.29, 1.82) is 0 Å². The van der Waals surface area contributed by atoms with Crippen LogP contribution < -0.4 is 27.4 Å². The van der Waals surface area contributed by atoms with E-state index >= 15 is 0 Å². The van der Waals surface area contributed by atoms with Crippen LogP contribution in [0.2, 0.25) is 0 Å². The second-order valence-electron chi connectivity index (χ2n) is 13.0. The van der Waals surface area contributed by atoms with E-state index in [2.05, 4.69) is 36.8 Å². The summed E-state index contributed by atoms with van der Waals surface area (Å²) in [6.45, 7) is 3.97. The maximum Gasteiger partial charge on any atom is 0.313 e. The van der Waals surface area contributed by atoms with Crippen molar-refractivity contribution in [3.05, 3.63) is 58.0 Å². The van der Waals surface area contributed by atoms with Crippen LogP contribution in [-0.4, -0.2) is 123 Å². The van der Waals surface area contributed by atoms with Crippen molar-refractivity contribution in [1.82, 2.24) is 41.6 Å². The summed E-state index contributed by atoms with van der Waals surface area (Å²) >= 11 is 3.47. The van der Waals surface area contributed by atoms with Crippen molar-refractivity contribution in [2.24, 2.45) is 15.6 Å². The molecule has 300 valence electrons. The second kappa shape index (κ2) is 16.4. The highest BCUT2D eigenvalue weighted by Gasteiger charge is 2.58. The molecule has 6 rings (SSSR count). The van der Waals surface area contributed by atoms with E-state index in [0.29, 0.717) is 16.6 Å². The summed E-state index contributed by atoms with van der Waals surface area (Å²) in [6.07, 6.45) is 3.39. The number of nitrogens with one attached hydrogen (secondary N) is 4. The third-order valence-electron chi connectivity index (χ3n) is 8.53. The Labute approximate surface area is 336 Å². The van der Waals surface area contributed by atoms with Gasteiger partial charge < -0.3 is 41.2 Å². The minimum atomic E-state index is -1.79. The number of halogens is 1. The smallest absolute Gasteiger partial charge is 0.313 e. The number of nitrogen functional groups attached to an aromatic ring is 1. The molecule has 2 unspecified atom stereocenters. The minimum Gasteiger partial charge on any atom is -0.504 e. The van der Waals surface area contributed by atoms with E-state index in [4.69, 9.17) is 10.6 Å². The van der Waals surface area contributed by atoms with Crippen molar-refractivity contribution in [3.8, 4) is 11.5 Å². The molecule has 2 aromatic rings. The number of hydrogen-bond donors (Lipinski definition) is 9. The first-order valence-electron chi connectivity index (χ1n) is 16.1. The summed E-state index contributed by atoms with van der Waals surface area (Å²) in [4.78, 5) is 80.6. The number of carboxylic acids is 1. The zero-order valence-electron chi connectivity index (χ0n) is 29.6. The van der Waals surface area contributed by atoms with Gasteiger partial charge in [-0.3, -0.25) is 39.8 Å². The predicted octanol–water partition coefficient (Wildman–Crippen LogP) is -0.175. The number of allylic oxidation sites excluding steroid dienone is 1. The van der Waals surface area contributed by atoms with Crippen molar-refractivity contribution < 1.29 is 49.2 Å². The minimum absolute atomic E-state index is 0. The Hall–Kier alpha value is -5.27. The molecule has 1 aromatic heterocycles. The predicted molar refractivity (Wildman–Crippen MR) is 206 cm³/mol. The van der Waals surface area contributed by atoms with Gasteiger partial charge in [0.05, 0.1) is 11.2 Å². The van der Waals surface area contributed by atoms with Gasteiger partial charge in [0.25, 0.3) is 17.7 Å². The molecule has 2 fully saturated rings. The number of amides is 4. The number of carbonyl (C=O) groups excluding carboxylic acids is 4. The van der Waals surface area contributed by atoms with Gasteiger partial charge >= 0.3 is 5.97 Å². The molecule has 4 aliphatic heterocycles. The van der Waals surface area contributed by atoms with Crippen molar-refractivity contribution in [2.45, 2.75) is 37.8 Å². The first-order valence-corrected chi connectivity index (χ1v) is 19.1. The molecule has 0 bridgehead atoms. The number of hydrazine groups is 3. The molecule has 5 heterocycles. The number of nitrogens with two attached hydrogens (primary N) is 1. The molecule has 0 saturated carbocycles. The van der Waals surface area contributed by atoms with E-state index in [1.807, 2.05) is 0 Å². The number of aliphatic hydroxyl groups excluding tert-OH is 1.